The first-order valence-corrected chi connectivity index (χ1v) is 8.66. The number of rotatable bonds is 4. The molecule has 1 aliphatic heterocycles. The smallest absolute Gasteiger partial charge is 0.312 e. The minimum Gasteiger partial charge on any atom is -0.312 e. The first-order chi connectivity index (χ1) is 12.8. The van der Waals surface area contributed by atoms with E-state index in [1.807, 2.05) is 13.0 Å². The Morgan fingerprint density at radius 3 is 2.37 bits per heavy atom. The Morgan fingerprint density at radius 2 is 1.74 bits per heavy atom. The number of benzene rings is 2. The van der Waals surface area contributed by atoms with Crippen LogP contribution < -0.4 is 9.80 Å². The molecule has 27 heavy (non-hydrogen) atoms. The molecule has 2 aromatic rings. The van der Waals surface area contributed by atoms with E-state index in [1.54, 1.807) is 29.2 Å². The van der Waals surface area contributed by atoms with Gasteiger partial charge in [-0.15, -0.1) is 0 Å². The van der Waals surface area contributed by atoms with Gasteiger partial charge in [0.2, 0.25) is 11.8 Å². The molecule has 2 amide bonds. The van der Waals surface area contributed by atoms with Gasteiger partial charge in [0.1, 0.15) is 0 Å². The van der Waals surface area contributed by atoms with E-state index < -0.39 is 23.6 Å². The van der Waals surface area contributed by atoms with Gasteiger partial charge in [0.15, 0.2) is 0 Å². The van der Waals surface area contributed by atoms with Crippen molar-refractivity contribution >= 4 is 23.2 Å². The van der Waals surface area contributed by atoms with Gasteiger partial charge in [-0.25, -0.2) is 0 Å². The molecule has 1 saturated heterocycles. The van der Waals surface area contributed by atoms with Crippen molar-refractivity contribution in [1.82, 2.24) is 0 Å². The van der Waals surface area contributed by atoms with Crippen molar-refractivity contribution in [2.75, 3.05) is 22.9 Å². The Labute approximate surface area is 155 Å². The van der Waals surface area contributed by atoms with Crippen LogP contribution >= 0.6 is 0 Å². The zero-order valence-corrected chi connectivity index (χ0v) is 14.7. The second kappa shape index (κ2) is 7.42. The van der Waals surface area contributed by atoms with Gasteiger partial charge in [-0.2, -0.15) is 13.2 Å². The fourth-order valence-corrected chi connectivity index (χ4v) is 3.35. The van der Waals surface area contributed by atoms with Gasteiger partial charge in [-0.3, -0.25) is 9.59 Å². The number of alkyl halides is 3. The van der Waals surface area contributed by atoms with E-state index in [-0.39, 0.29) is 24.6 Å². The Kier molecular flexibility index (Phi) is 5.21. The normalized spacial score (nSPS) is 17.3. The Bertz CT molecular complexity index is 837. The zero-order valence-electron chi connectivity index (χ0n) is 14.7. The van der Waals surface area contributed by atoms with Gasteiger partial charge in [0.25, 0.3) is 0 Å². The lowest BCUT2D eigenvalue weighted by molar-refractivity contribution is -0.137. The fourth-order valence-electron chi connectivity index (χ4n) is 3.35. The number of carbonyl (C=O) groups excluding carboxylic acids is 2. The van der Waals surface area contributed by atoms with Crippen LogP contribution in [0.5, 0.6) is 0 Å². The minimum atomic E-state index is -4.57. The average molecular weight is 376 g/mol. The van der Waals surface area contributed by atoms with Crippen molar-refractivity contribution < 1.29 is 22.8 Å². The van der Waals surface area contributed by atoms with Crippen LogP contribution in [0.3, 0.4) is 0 Å². The summed E-state index contributed by atoms with van der Waals surface area (Å²) in [5.74, 6) is -1.42. The van der Waals surface area contributed by atoms with Crippen LogP contribution in [0.4, 0.5) is 24.5 Å². The van der Waals surface area contributed by atoms with Crippen LogP contribution in [-0.4, -0.2) is 24.9 Å². The van der Waals surface area contributed by atoms with Crippen LogP contribution in [0, 0.1) is 5.92 Å². The summed E-state index contributed by atoms with van der Waals surface area (Å²) in [6, 6.07) is 14.0. The van der Waals surface area contributed by atoms with Crippen LogP contribution in [0.25, 0.3) is 0 Å². The molecule has 0 aliphatic carbocycles. The molecule has 1 heterocycles. The number of hydrogen-bond acceptors (Lipinski definition) is 2. The maximum Gasteiger partial charge on any atom is 0.418 e. The third kappa shape index (κ3) is 3.82. The highest BCUT2D eigenvalue weighted by Crippen LogP contribution is 2.38. The summed E-state index contributed by atoms with van der Waals surface area (Å²) in [6.45, 7) is 2.17. The highest BCUT2D eigenvalue weighted by Gasteiger charge is 2.41. The molecule has 4 nitrogen and oxygen atoms in total. The van der Waals surface area contributed by atoms with Crippen LogP contribution in [0.1, 0.15) is 18.9 Å². The molecule has 1 fully saturated rings. The number of anilines is 2. The first kappa shape index (κ1) is 18.9. The maximum absolute atomic E-state index is 13.3. The number of carbonyl (C=O) groups is 2. The molecule has 7 heteroatoms. The molecule has 0 saturated carbocycles. The van der Waals surface area contributed by atoms with Crippen LogP contribution in [0.2, 0.25) is 0 Å². The Hall–Kier alpha value is -2.83. The molecule has 0 radical (unpaired) electrons. The minimum absolute atomic E-state index is 0.0614. The van der Waals surface area contributed by atoms with Crippen LogP contribution in [-0.2, 0) is 15.8 Å². The third-order valence-electron chi connectivity index (χ3n) is 4.62. The summed E-state index contributed by atoms with van der Waals surface area (Å²) in [7, 11) is 0. The quantitative estimate of drug-likeness (QED) is 0.806. The van der Waals surface area contributed by atoms with Gasteiger partial charge >= 0.3 is 6.18 Å². The van der Waals surface area contributed by atoms with E-state index in [4.69, 9.17) is 0 Å². The van der Waals surface area contributed by atoms with E-state index >= 15 is 0 Å². The fraction of sp³-hybridized carbons (Fsp3) is 0.300. The number of nitrogens with zero attached hydrogens (tertiary/aromatic N) is 2. The van der Waals surface area contributed by atoms with Gasteiger partial charge in [-0.05, 0) is 31.2 Å². The molecule has 1 aliphatic rings. The van der Waals surface area contributed by atoms with Gasteiger partial charge in [0, 0.05) is 25.2 Å². The molecule has 1 unspecified atom stereocenters. The monoisotopic (exact) mass is 376 g/mol. The summed E-state index contributed by atoms with van der Waals surface area (Å²) in [5, 5.41) is 0. The molecule has 0 N–H and O–H groups in total. The predicted molar refractivity (Wildman–Crippen MR) is 96.4 cm³/mol. The van der Waals surface area contributed by atoms with Gasteiger partial charge in [-0.1, -0.05) is 30.3 Å². The third-order valence-corrected chi connectivity index (χ3v) is 4.62. The first-order valence-electron chi connectivity index (χ1n) is 8.66. The molecule has 3 rings (SSSR count). The van der Waals surface area contributed by atoms with E-state index in [9.17, 15) is 22.8 Å². The van der Waals surface area contributed by atoms with E-state index in [0.29, 0.717) is 12.2 Å². The van der Waals surface area contributed by atoms with Crippen molar-refractivity contribution in [3.63, 3.8) is 0 Å². The molecule has 0 bridgehead atoms. The zero-order chi connectivity index (χ0) is 19.6. The lowest BCUT2D eigenvalue weighted by Crippen LogP contribution is -2.37. The SMILES string of the molecule is CCN(C(=O)C1CC(=O)N(c2ccccc2C(F)(F)F)C1)c1ccccc1. The predicted octanol–water partition coefficient (Wildman–Crippen LogP) is 4.11. The Morgan fingerprint density at radius 1 is 1.11 bits per heavy atom. The Balaban J connectivity index is 1.85. The summed E-state index contributed by atoms with van der Waals surface area (Å²) < 4.78 is 39.8. The second-order valence-electron chi connectivity index (χ2n) is 6.34. The largest absolute Gasteiger partial charge is 0.418 e. The summed E-state index contributed by atoms with van der Waals surface area (Å²) in [5.41, 5.74) is -0.374. The van der Waals surface area contributed by atoms with Crippen molar-refractivity contribution in [2.45, 2.75) is 19.5 Å². The molecule has 0 aromatic heterocycles. The molecule has 2 aromatic carbocycles. The van der Waals surface area contributed by atoms with Crippen LogP contribution in [0.15, 0.2) is 54.6 Å². The molecule has 1 atom stereocenters. The number of amides is 2. The number of hydrogen-bond donors (Lipinski definition) is 0. The summed E-state index contributed by atoms with van der Waals surface area (Å²) in [4.78, 5) is 27.9. The van der Waals surface area contributed by atoms with E-state index in [0.717, 1.165) is 11.0 Å². The molecular weight excluding hydrogens is 357 g/mol. The van der Waals surface area contributed by atoms with Gasteiger partial charge in [0.05, 0.1) is 17.2 Å². The van der Waals surface area contributed by atoms with E-state index in [2.05, 4.69) is 0 Å². The van der Waals surface area contributed by atoms with Crippen molar-refractivity contribution in [2.24, 2.45) is 5.92 Å². The second-order valence-corrected chi connectivity index (χ2v) is 6.34. The summed E-state index contributed by atoms with van der Waals surface area (Å²) >= 11 is 0. The average Bonchev–Trinajstić information content (AvgIpc) is 3.04. The maximum atomic E-state index is 13.3. The highest BCUT2D eigenvalue weighted by molar-refractivity contribution is 6.04. The number of halogens is 3. The molecule has 142 valence electrons. The summed E-state index contributed by atoms with van der Waals surface area (Å²) in [6.07, 6.45) is -4.67. The van der Waals surface area contributed by atoms with Crippen molar-refractivity contribution in [3.05, 3.63) is 60.2 Å². The molecule has 0 spiro atoms. The lowest BCUT2D eigenvalue weighted by atomic mass is 10.1. The topological polar surface area (TPSA) is 40.6 Å². The highest BCUT2D eigenvalue weighted by atomic mass is 19.4. The number of para-hydroxylation sites is 2. The van der Waals surface area contributed by atoms with E-state index in [1.165, 1.54) is 18.2 Å². The van der Waals surface area contributed by atoms with Gasteiger partial charge < -0.3 is 9.80 Å². The standard InChI is InChI=1S/C20H19F3N2O2/c1-2-24(15-8-4-3-5-9-15)19(27)14-12-18(26)25(13-14)17-11-7-6-10-16(17)20(21,22)23/h3-11,14H,2,12-13H2,1H3. The molecular formula is C20H19F3N2O2. The van der Waals surface area contributed by atoms with Crippen molar-refractivity contribution in [1.29, 1.82) is 0 Å². The van der Waals surface area contributed by atoms with Crippen molar-refractivity contribution in [3.8, 4) is 0 Å². The lowest BCUT2D eigenvalue weighted by Gasteiger charge is -2.25.